The Kier molecular flexibility index (Phi) is 11.4. The van der Waals surface area contributed by atoms with Crippen LogP contribution in [0.4, 0.5) is 4.79 Å². The van der Waals surface area contributed by atoms with Gasteiger partial charge in [-0.15, -0.1) is 0 Å². The van der Waals surface area contributed by atoms with Gasteiger partial charge in [0.05, 0.1) is 6.61 Å². The predicted molar refractivity (Wildman–Crippen MR) is 129 cm³/mol. The van der Waals surface area contributed by atoms with Crippen LogP contribution in [0.25, 0.3) is 0 Å². The van der Waals surface area contributed by atoms with E-state index in [1.54, 1.807) is 20.8 Å². The van der Waals surface area contributed by atoms with Crippen LogP contribution in [0.2, 0.25) is 0 Å². The first-order valence-electron chi connectivity index (χ1n) is 11.7. The van der Waals surface area contributed by atoms with E-state index in [2.05, 4.69) is 17.6 Å². The predicted octanol–water partition coefficient (Wildman–Crippen LogP) is 3.39. The third-order valence-corrected chi connectivity index (χ3v) is 5.10. The number of nitrogens with zero attached hydrogens (tertiary/aromatic N) is 1. The largest absolute Gasteiger partial charge is 0.444 e. The molecule has 0 heterocycles. The van der Waals surface area contributed by atoms with Crippen LogP contribution in [-0.2, 0) is 14.3 Å². The molecular formula is C25H41N3O5. The first-order chi connectivity index (χ1) is 15.4. The molecule has 3 amide bonds. The average molecular weight is 464 g/mol. The summed E-state index contributed by atoms with van der Waals surface area (Å²) in [6.45, 7) is 12.7. The van der Waals surface area contributed by atoms with E-state index in [1.165, 1.54) is 11.8 Å². The van der Waals surface area contributed by atoms with E-state index in [9.17, 15) is 19.5 Å². The van der Waals surface area contributed by atoms with Gasteiger partial charge in [-0.25, -0.2) is 4.79 Å². The highest BCUT2D eigenvalue weighted by Gasteiger charge is 2.35. The molecule has 1 rings (SSSR count). The molecule has 1 aromatic carbocycles. The van der Waals surface area contributed by atoms with Gasteiger partial charge in [0.15, 0.2) is 0 Å². The number of hydrogen-bond acceptors (Lipinski definition) is 5. The second-order valence-corrected chi connectivity index (χ2v) is 9.38. The molecule has 0 aliphatic carbocycles. The Labute approximate surface area is 198 Å². The summed E-state index contributed by atoms with van der Waals surface area (Å²) in [4.78, 5) is 40.2. The number of alkyl carbamates (subject to hydrolysis) is 1. The molecule has 0 bridgehead atoms. The van der Waals surface area contributed by atoms with Crippen LogP contribution in [0.1, 0.15) is 76.6 Å². The number of aliphatic hydroxyl groups is 1. The van der Waals surface area contributed by atoms with Crippen LogP contribution in [-0.4, -0.2) is 59.3 Å². The van der Waals surface area contributed by atoms with Crippen LogP contribution in [0.15, 0.2) is 18.2 Å². The zero-order valence-electron chi connectivity index (χ0n) is 21.2. The van der Waals surface area contributed by atoms with E-state index in [4.69, 9.17) is 4.74 Å². The summed E-state index contributed by atoms with van der Waals surface area (Å²) in [6, 6.07) is 3.85. The van der Waals surface area contributed by atoms with Gasteiger partial charge in [-0.3, -0.25) is 9.59 Å². The molecule has 0 aliphatic rings. The lowest BCUT2D eigenvalue weighted by molar-refractivity contribution is -0.142. The van der Waals surface area contributed by atoms with Gasteiger partial charge in [0.2, 0.25) is 11.8 Å². The lowest BCUT2D eigenvalue weighted by Gasteiger charge is -2.34. The van der Waals surface area contributed by atoms with Crippen molar-refractivity contribution in [2.24, 2.45) is 0 Å². The topological polar surface area (TPSA) is 108 Å². The molecule has 8 heteroatoms. The molecular weight excluding hydrogens is 422 g/mol. The quantitative estimate of drug-likeness (QED) is 0.436. The summed E-state index contributed by atoms with van der Waals surface area (Å²) in [7, 11) is 0. The first kappa shape index (κ1) is 28.4. The second-order valence-electron chi connectivity index (χ2n) is 9.38. The van der Waals surface area contributed by atoms with E-state index < -0.39 is 29.7 Å². The van der Waals surface area contributed by atoms with E-state index in [0.717, 1.165) is 30.4 Å². The lowest BCUT2D eigenvalue weighted by atomic mass is 9.96. The van der Waals surface area contributed by atoms with Crippen molar-refractivity contribution < 1.29 is 24.2 Å². The molecule has 33 heavy (non-hydrogen) atoms. The van der Waals surface area contributed by atoms with E-state index >= 15 is 0 Å². The van der Waals surface area contributed by atoms with Gasteiger partial charge in [-0.2, -0.15) is 0 Å². The van der Waals surface area contributed by atoms with Gasteiger partial charge >= 0.3 is 6.09 Å². The number of carbonyl (C=O) groups is 3. The highest BCUT2D eigenvalue weighted by molar-refractivity contribution is 5.92. The molecule has 186 valence electrons. The standard InChI is InChI=1S/C25H41N3O5/c1-8-9-10-13-26-22(30)21(20-16-17(2)11-12-18(20)3)28(14-15-29)23(31)19(4)27-24(32)33-25(5,6)7/h11-12,16,19,21,29H,8-10,13-15H2,1-7H3,(H,26,30)(H,27,32). The number of aryl methyl sites for hydroxylation is 2. The Balaban J connectivity index is 3.25. The molecule has 0 radical (unpaired) electrons. The molecule has 0 saturated heterocycles. The summed E-state index contributed by atoms with van der Waals surface area (Å²) in [6.07, 6.45) is 2.13. The van der Waals surface area contributed by atoms with Crippen molar-refractivity contribution in [2.45, 2.75) is 85.4 Å². The Morgan fingerprint density at radius 1 is 1.15 bits per heavy atom. The molecule has 3 N–H and O–H groups in total. The fourth-order valence-corrected chi connectivity index (χ4v) is 3.46. The fraction of sp³-hybridized carbons (Fsp3) is 0.640. The van der Waals surface area contributed by atoms with Gasteiger partial charge in [-0.1, -0.05) is 43.5 Å². The Hall–Kier alpha value is -2.61. The number of nitrogens with one attached hydrogen (secondary N) is 2. The third kappa shape index (κ3) is 9.42. The summed E-state index contributed by atoms with van der Waals surface area (Å²) in [5, 5.41) is 15.2. The number of benzene rings is 1. The molecule has 8 nitrogen and oxygen atoms in total. The number of amides is 3. The summed E-state index contributed by atoms with van der Waals surface area (Å²) in [5.74, 6) is -0.796. The minimum Gasteiger partial charge on any atom is -0.444 e. The summed E-state index contributed by atoms with van der Waals surface area (Å²) >= 11 is 0. The molecule has 2 atom stereocenters. The van der Waals surface area contributed by atoms with Crippen molar-refractivity contribution in [1.82, 2.24) is 15.5 Å². The van der Waals surface area contributed by atoms with E-state index in [1.807, 2.05) is 32.0 Å². The SMILES string of the molecule is CCCCCNC(=O)C(c1cc(C)ccc1C)N(CCO)C(=O)C(C)NC(=O)OC(C)(C)C. The smallest absolute Gasteiger partial charge is 0.408 e. The molecule has 2 unspecified atom stereocenters. The Morgan fingerprint density at radius 2 is 1.82 bits per heavy atom. The monoisotopic (exact) mass is 463 g/mol. The first-order valence-corrected chi connectivity index (χ1v) is 11.7. The van der Waals surface area contributed by atoms with Crippen LogP contribution in [0.3, 0.4) is 0 Å². The maximum Gasteiger partial charge on any atom is 0.408 e. The van der Waals surface area contributed by atoms with Crippen LogP contribution < -0.4 is 10.6 Å². The van der Waals surface area contributed by atoms with Crippen molar-refractivity contribution in [3.63, 3.8) is 0 Å². The molecule has 1 aromatic rings. The van der Waals surface area contributed by atoms with Gasteiger partial charge in [0, 0.05) is 13.1 Å². The van der Waals surface area contributed by atoms with Crippen LogP contribution >= 0.6 is 0 Å². The number of unbranched alkanes of at least 4 members (excludes halogenated alkanes) is 2. The van der Waals surface area contributed by atoms with Gasteiger partial charge in [0.1, 0.15) is 17.7 Å². The highest BCUT2D eigenvalue weighted by Crippen LogP contribution is 2.26. The zero-order valence-corrected chi connectivity index (χ0v) is 21.2. The molecule has 0 aromatic heterocycles. The van der Waals surface area contributed by atoms with Gasteiger partial charge < -0.3 is 25.4 Å². The number of hydrogen-bond donors (Lipinski definition) is 3. The fourth-order valence-electron chi connectivity index (χ4n) is 3.46. The van der Waals surface area contributed by atoms with Crippen molar-refractivity contribution in [3.8, 4) is 0 Å². The third-order valence-electron chi connectivity index (χ3n) is 5.10. The molecule has 0 spiro atoms. The van der Waals surface area contributed by atoms with Crippen LogP contribution in [0.5, 0.6) is 0 Å². The normalized spacial score (nSPS) is 13.1. The second kappa shape index (κ2) is 13.2. The zero-order chi connectivity index (χ0) is 25.2. The van der Waals surface area contributed by atoms with Crippen molar-refractivity contribution in [2.75, 3.05) is 19.7 Å². The summed E-state index contributed by atoms with van der Waals surface area (Å²) in [5.41, 5.74) is 1.79. The number of rotatable bonds is 11. The average Bonchev–Trinajstić information content (AvgIpc) is 2.71. The lowest BCUT2D eigenvalue weighted by Crippen LogP contribution is -2.52. The minimum atomic E-state index is -0.952. The molecule has 0 fully saturated rings. The number of ether oxygens (including phenoxy) is 1. The number of aliphatic hydroxyl groups excluding tert-OH is 1. The van der Waals surface area contributed by atoms with E-state index in [-0.39, 0.29) is 19.1 Å². The molecule has 0 saturated carbocycles. The van der Waals surface area contributed by atoms with E-state index in [0.29, 0.717) is 12.1 Å². The maximum atomic E-state index is 13.4. The minimum absolute atomic E-state index is 0.0560. The van der Waals surface area contributed by atoms with Crippen molar-refractivity contribution in [3.05, 3.63) is 34.9 Å². The maximum absolute atomic E-state index is 13.4. The number of carbonyl (C=O) groups excluding carboxylic acids is 3. The van der Waals surface area contributed by atoms with Crippen molar-refractivity contribution >= 4 is 17.9 Å². The Morgan fingerprint density at radius 3 is 2.39 bits per heavy atom. The molecule has 0 aliphatic heterocycles. The highest BCUT2D eigenvalue weighted by atomic mass is 16.6. The van der Waals surface area contributed by atoms with Crippen LogP contribution in [0, 0.1) is 13.8 Å². The van der Waals surface area contributed by atoms with Crippen molar-refractivity contribution in [1.29, 1.82) is 0 Å². The Bertz CT molecular complexity index is 804. The van der Waals surface area contributed by atoms with Gasteiger partial charge in [-0.05, 0) is 59.1 Å². The van der Waals surface area contributed by atoms with Gasteiger partial charge in [0.25, 0.3) is 0 Å². The summed E-state index contributed by atoms with van der Waals surface area (Å²) < 4.78 is 5.25.